The number of alkyl halides is 1. The van der Waals surface area contributed by atoms with Crippen molar-refractivity contribution in [1.29, 1.82) is 0 Å². The first kappa shape index (κ1) is 54.7. The molecule has 0 amide bonds. The second kappa shape index (κ2) is 32.3. The largest absolute Gasteiger partial charge is 0.458 e. The molecule has 342 valence electrons. The summed E-state index contributed by atoms with van der Waals surface area (Å²) in [5.41, 5.74) is 1.42. The first-order chi connectivity index (χ1) is 29.2. The zero-order chi connectivity index (χ0) is 45.0. The number of cyclic esters (lactones) is 6. The summed E-state index contributed by atoms with van der Waals surface area (Å²) < 4.78 is 43.9. The number of carbonyl (C=O) groups excluding carboxylic acids is 7. The van der Waals surface area contributed by atoms with Crippen molar-refractivity contribution in [3.63, 3.8) is 0 Å². The monoisotopic (exact) mass is 990 g/mol. The molecule has 6 aliphatic heterocycles. The number of hydrogen-bond acceptors (Lipinski definition) is 22. The van der Waals surface area contributed by atoms with E-state index < -0.39 is 5.97 Å². The van der Waals surface area contributed by atoms with Crippen LogP contribution in [0.5, 0.6) is 0 Å². The van der Waals surface area contributed by atoms with Crippen LogP contribution >= 0.6 is 82.2 Å². The first-order valence-corrected chi connectivity index (χ1v) is 25.2. The van der Waals surface area contributed by atoms with E-state index in [-0.39, 0.29) is 75.0 Å². The van der Waals surface area contributed by atoms with Crippen LogP contribution in [0.25, 0.3) is 0 Å². The van der Waals surface area contributed by atoms with Crippen molar-refractivity contribution < 1.29 is 76.2 Å². The van der Waals surface area contributed by atoms with Crippen molar-refractivity contribution in [2.24, 2.45) is 0 Å². The lowest BCUT2D eigenvalue weighted by Crippen LogP contribution is -2.20. The number of esters is 1. The minimum absolute atomic E-state index is 0.0145. The lowest BCUT2D eigenvalue weighted by atomic mass is 10.1. The Morgan fingerprint density at radius 3 is 1.49 bits per heavy atom. The SMILES string of the molecule is C=C(C)C(=O)OCC1CSC(=O)O1.CC1CSC(=O)O1.CCCCOCC1CSC(=O)O1.COCC1CSC(=O)O1.O=C1OC(CCl)CS1.O=C1OC(c2ccccc2)CS1. The predicted molar refractivity (Wildman–Crippen MR) is 242 cm³/mol. The molecule has 6 saturated heterocycles. The van der Waals surface area contributed by atoms with Gasteiger partial charge < -0.3 is 42.6 Å². The highest BCUT2D eigenvalue weighted by Crippen LogP contribution is 2.31. The Morgan fingerprint density at radius 1 is 0.672 bits per heavy atom. The molecule has 0 bridgehead atoms. The average Bonchev–Trinajstić information content (AvgIpc) is 4.13. The van der Waals surface area contributed by atoms with Crippen LogP contribution < -0.4 is 0 Å². The molecule has 6 fully saturated rings. The third kappa shape index (κ3) is 25.4. The summed E-state index contributed by atoms with van der Waals surface area (Å²) in [6.45, 7) is 11.0. The minimum atomic E-state index is -0.451. The third-order valence-electron chi connectivity index (χ3n) is 7.31. The number of thioether (sulfide) groups is 6. The number of benzene rings is 1. The van der Waals surface area contributed by atoms with Crippen LogP contribution in [0.3, 0.4) is 0 Å². The molecule has 6 heterocycles. The molecule has 0 spiro atoms. The number of methoxy groups -OCH3 is 1. The number of hydrogen-bond donors (Lipinski definition) is 0. The Balaban J connectivity index is 0.000000255. The Bertz CT molecular complexity index is 1560. The summed E-state index contributed by atoms with van der Waals surface area (Å²) in [6.07, 6.45) is 1.93. The van der Waals surface area contributed by atoms with E-state index in [0.717, 1.165) is 59.8 Å². The van der Waals surface area contributed by atoms with Gasteiger partial charge in [-0.25, -0.2) is 33.6 Å². The van der Waals surface area contributed by atoms with Crippen LogP contribution in [0.2, 0.25) is 0 Å². The van der Waals surface area contributed by atoms with Gasteiger partial charge in [-0.1, -0.05) is 50.3 Å². The Hall–Kier alpha value is -2.44. The topological polar surface area (TPSA) is 203 Å². The molecule has 0 N–H and O–H groups in total. The van der Waals surface area contributed by atoms with Gasteiger partial charge in [0, 0.05) is 53.8 Å². The lowest BCUT2D eigenvalue weighted by Gasteiger charge is -2.08. The molecule has 1 aromatic carbocycles. The van der Waals surface area contributed by atoms with E-state index in [0.29, 0.717) is 36.2 Å². The number of rotatable bonds is 12. The van der Waals surface area contributed by atoms with Gasteiger partial charge in [0.15, 0.2) is 0 Å². The van der Waals surface area contributed by atoms with E-state index in [2.05, 4.69) is 18.2 Å². The fourth-order valence-corrected chi connectivity index (χ4v) is 8.79. The minimum Gasteiger partial charge on any atom is -0.458 e. The van der Waals surface area contributed by atoms with Crippen molar-refractivity contribution in [1.82, 2.24) is 0 Å². The highest BCUT2D eigenvalue weighted by atomic mass is 35.5. The van der Waals surface area contributed by atoms with Gasteiger partial charge in [-0.05, 0) is 96.4 Å². The Labute approximate surface area is 386 Å². The molecule has 61 heavy (non-hydrogen) atoms. The van der Waals surface area contributed by atoms with Gasteiger partial charge in [0.1, 0.15) is 43.2 Å². The first-order valence-electron chi connectivity index (χ1n) is 18.7. The average molecular weight is 992 g/mol. The molecule has 0 aliphatic carbocycles. The summed E-state index contributed by atoms with van der Waals surface area (Å²) in [6, 6.07) is 9.80. The van der Waals surface area contributed by atoms with Gasteiger partial charge in [0.25, 0.3) is 0 Å². The van der Waals surface area contributed by atoms with E-state index >= 15 is 0 Å². The molecule has 6 aliphatic rings. The maximum atomic E-state index is 10.9. The molecule has 6 atom stereocenters. The van der Waals surface area contributed by atoms with Gasteiger partial charge >= 0.3 is 37.8 Å². The van der Waals surface area contributed by atoms with Crippen molar-refractivity contribution in [2.75, 3.05) is 73.9 Å². The van der Waals surface area contributed by atoms with Gasteiger partial charge in [0.05, 0.1) is 19.1 Å². The number of halogens is 1. The highest BCUT2D eigenvalue weighted by Gasteiger charge is 2.27. The van der Waals surface area contributed by atoms with E-state index in [1.54, 1.807) is 14.0 Å². The summed E-state index contributed by atoms with van der Waals surface area (Å²) in [5, 5.41) is -1.15. The molecular formula is C38H51ClO16S6. The molecule has 16 nitrogen and oxygen atoms in total. The summed E-state index contributed by atoms with van der Waals surface area (Å²) in [4.78, 5) is 73.8. The second-order valence-electron chi connectivity index (χ2n) is 12.7. The van der Waals surface area contributed by atoms with Gasteiger partial charge in [-0.2, -0.15) is 0 Å². The third-order valence-corrected chi connectivity index (χ3v) is 12.9. The maximum Gasteiger partial charge on any atom is 0.368 e. The molecule has 0 radical (unpaired) electrons. The number of ether oxygens (including phenoxy) is 9. The molecule has 6 unspecified atom stereocenters. The van der Waals surface area contributed by atoms with Crippen LogP contribution in [0.15, 0.2) is 42.5 Å². The van der Waals surface area contributed by atoms with Crippen molar-refractivity contribution >= 4 is 120 Å². The fraction of sp³-hybridized carbons (Fsp3) is 0.605. The number of unbranched alkanes of at least 4 members (excludes halogenated alkanes) is 1. The zero-order valence-corrected chi connectivity index (χ0v) is 39.8. The second-order valence-corrected chi connectivity index (χ2v) is 18.7. The summed E-state index contributed by atoms with van der Waals surface area (Å²) >= 11 is 12.6. The van der Waals surface area contributed by atoms with E-state index in [1.807, 2.05) is 37.3 Å². The molecule has 7 rings (SSSR count). The smallest absolute Gasteiger partial charge is 0.368 e. The summed E-state index contributed by atoms with van der Waals surface area (Å²) in [5.74, 6) is 4.25. The fourth-order valence-electron chi connectivity index (χ4n) is 4.30. The maximum absolute atomic E-state index is 10.9. The van der Waals surface area contributed by atoms with Crippen molar-refractivity contribution in [3.8, 4) is 0 Å². The molecule has 0 aromatic heterocycles. The normalized spacial score (nSPS) is 24.4. The predicted octanol–water partition coefficient (Wildman–Crippen LogP) is 9.64. The Kier molecular flexibility index (Phi) is 28.9. The van der Waals surface area contributed by atoms with E-state index in [4.69, 9.17) is 49.5 Å². The molecule has 1 aromatic rings. The van der Waals surface area contributed by atoms with Gasteiger partial charge in [-0.3, -0.25) is 0 Å². The van der Waals surface area contributed by atoms with Crippen LogP contribution in [-0.4, -0.2) is 142 Å². The quantitative estimate of drug-likeness (QED) is 0.0629. The molecular weight excluding hydrogens is 940 g/mol. The van der Waals surface area contributed by atoms with Crippen molar-refractivity contribution in [3.05, 3.63) is 48.0 Å². The molecule has 0 saturated carbocycles. The van der Waals surface area contributed by atoms with Gasteiger partial charge in [0.2, 0.25) is 0 Å². The zero-order valence-electron chi connectivity index (χ0n) is 34.1. The van der Waals surface area contributed by atoms with Crippen molar-refractivity contribution in [2.45, 2.75) is 70.2 Å². The van der Waals surface area contributed by atoms with Crippen LogP contribution in [-0.2, 0) is 47.4 Å². The van der Waals surface area contributed by atoms with E-state index in [9.17, 15) is 33.6 Å². The van der Waals surface area contributed by atoms with Crippen LogP contribution in [0.4, 0.5) is 28.8 Å². The highest BCUT2D eigenvalue weighted by molar-refractivity contribution is 8.14. The number of carbonyl (C=O) groups is 7. The van der Waals surface area contributed by atoms with E-state index in [1.165, 1.54) is 58.8 Å². The lowest BCUT2D eigenvalue weighted by molar-refractivity contribution is -0.141. The van der Waals surface area contributed by atoms with Crippen LogP contribution in [0, 0.1) is 0 Å². The molecule has 23 heteroatoms. The van der Waals surface area contributed by atoms with Crippen LogP contribution in [0.1, 0.15) is 45.3 Å². The Morgan fingerprint density at radius 2 is 1.13 bits per heavy atom. The van der Waals surface area contributed by atoms with Gasteiger partial charge in [-0.15, -0.1) is 11.6 Å². The summed E-state index contributed by atoms with van der Waals surface area (Å²) in [7, 11) is 1.59. The standard InChI is InChI=1S/C9H8O2S.C8H10O4S.C8H14O3S.C5H8O3S.C4H5ClO2S.C4H6O2S/c10-9-11-8(6-12-9)7-4-2-1-3-5-7;1-5(2)7(9)11-3-6-4-13-8(10)12-6;1-2-3-4-10-5-7-6-12-8(9)11-7;1-7-2-4-3-9-5(6)8-4;5-1-3-2-8-4(6)7-3;1-3-2-7-4(5)6-3/h1-5,8H,6H2;6H,1,3-4H2,2H3;7H,2-6H2,1H3;4H,2-3H2,1H3;3H,1-2H2;3H,2H2,1H3.